The van der Waals surface area contributed by atoms with Gasteiger partial charge in [0.15, 0.2) is 0 Å². The van der Waals surface area contributed by atoms with Crippen LogP contribution in [0, 0.1) is 11.8 Å². The van der Waals surface area contributed by atoms with Crippen molar-refractivity contribution in [2.75, 3.05) is 19.6 Å². The van der Waals surface area contributed by atoms with E-state index in [1.165, 1.54) is 5.69 Å². The van der Waals surface area contributed by atoms with E-state index in [1.807, 2.05) is 17.9 Å². The van der Waals surface area contributed by atoms with Crippen molar-refractivity contribution in [1.29, 1.82) is 0 Å². The normalized spacial score (nSPS) is 21.4. The number of likely N-dealkylation sites (tertiary alicyclic amines) is 1. The number of aromatic nitrogens is 2. The molecule has 1 aromatic heterocycles. The van der Waals surface area contributed by atoms with Crippen LogP contribution in [0.1, 0.15) is 52.1 Å². The lowest BCUT2D eigenvalue weighted by Gasteiger charge is -2.34. The van der Waals surface area contributed by atoms with Crippen molar-refractivity contribution < 1.29 is 4.79 Å². The van der Waals surface area contributed by atoms with Crippen molar-refractivity contribution in [1.82, 2.24) is 20.0 Å². The zero-order chi connectivity index (χ0) is 17.5. The molecule has 1 saturated heterocycles. The molecule has 1 amide bonds. The Morgan fingerprint density at radius 3 is 2.92 bits per heavy atom. The molecule has 0 aromatic carbocycles. The summed E-state index contributed by atoms with van der Waals surface area (Å²) in [5.74, 6) is 0.975. The van der Waals surface area contributed by atoms with Crippen molar-refractivity contribution in [2.24, 2.45) is 18.9 Å². The molecular formula is C19H34N4O. The van der Waals surface area contributed by atoms with Crippen LogP contribution in [-0.4, -0.2) is 46.3 Å². The first-order valence-electron chi connectivity index (χ1n) is 9.49. The van der Waals surface area contributed by atoms with Gasteiger partial charge in [-0.05, 0) is 51.1 Å². The number of nitrogens with one attached hydrogen (secondary N) is 1. The fourth-order valence-corrected chi connectivity index (χ4v) is 3.77. The molecule has 0 spiro atoms. The van der Waals surface area contributed by atoms with E-state index in [9.17, 15) is 4.79 Å². The predicted octanol–water partition coefficient (Wildman–Crippen LogP) is 2.62. The zero-order valence-corrected chi connectivity index (χ0v) is 15.8. The Kier molecular flexibility index (Phi) is 7.28. The van der Waals surface area contributed by atoms with Crippen LogP contribution in [0.15, 0.2) is 12.3 Å². The topological polar surface area (TPSA) is 50.2 Å². The average Bonchev–Trinajstić information content (AvgIpc) is 2.92. The summed E-state index contributed by atoms with van der Waals surface area (Å²) in [6.07, 6.45) is 7.22. The lowest BCUT2D eigenvalue weighted by molar-refractivity contribution is -0.127. The third-order valence-electron chi connectivity index (χ3n) is 5.04. The second-order valence-corrected chi connectivity index (χ2v) is 7.55. The molecule has 3 atom stereocenters. The van der Waals surface area contributed by atoms with Gasteiger partial charge in [-0.2, -0.15) is 5.10 Å². The molecule has 0 radical (unpaired) electrons. The molecule has 0 saturated carbocycles. The lowest BCUT2D eigenvalue weighted by atomic mass is 9.95. The van der Waals surface area contributed by atoms with Crippen LogP contribution >= 0.6 is 0 Å². The molecule has 1 fully saturated rings. The quantitative estimate of drug-likeness (QED) is 0.795. The molecule has 2 heterocycles. The summed E-state index contributed by atoms with van der Waals surface area (Å²) < 4.78 is 1.96. The molecule has 1 N–H and O–H groups in total. The third-order valence-corrected chi connectivity index (χ3v) is 5.04. The van der Waals surface area contributed by atoms with Gasteiger partial charge in [0, 0.05) is 38.1 Å². The second kappa shape index (κ2) is 9.21. The van der Waals surface area contributed by atoms with Crippen LogP contribution in [-0.2, 0) is 18.3 Å². The Hall–Kier alpha value is -1.36. The van der Waals surface area contributed by atoms with Gasteiger partial charge in [-0.3, -0.25) is 9.48 Å². The van der Waals surface area contributed by atoms with E-state index < -0.39 is 0 Å². The van der Waals surface area contributed by atoms with Crippen molar-refractivity contribution in [2.45, 2.75) is 58.9 Å². The SMILES string of the molecule is CCCC(C)NC(=O)C1CCCN(CC(C)Cc2ccnn2C)C1. The van der Waals surface area contributed by atoms with Crippen molar-refractivity contribution in [3.05, 3.63) is 18.0 Å². The summed E-state index contributed by atoms with van der Waals surface area (Å²) in [6, 6.07) is 2.39. The molecule has 5 nitrogen and oxygen atoms in total. The van der Waals surface area contributed by atoms with E-state index in [1.54, 1.807) is 0 Å². The number of piperidine rings is 1. The number of hydrogen-bond donors (Lipinski definition) is 1. The Bertz CT molecular complexity index is 513. The Labute approximate surface area is 146 Å². The average molecular weight is 335 g/mol. The van der Waals surface area contributed by atoms with Gasteiger partial charge < -0.3 is 10.2 Å². The van der Waals surface area contributed by atoms with Gasteiger partial charge >= 0.3 is 0 Å². The van der Waals surface area contributed by atoms with Crippen LogP contribution < -0.4 is 5.32 Å². The number of amides is 1. The molecule has 0 aliphatic carbocycles. The van der Waals surface area contributed by atoms with Crippen LogP contribution in [0.2, 0.25) is 0 Å². The van der Waals surface area contributed by atoms with Crippen LogP contribution in [0.5, 0.6) is 0 Å². The first-order valence-corrected chi connectivity index (χ1v) is 9.49. The molecule has 1 aliphatic heterocycles. The largest absolute Gasteiger partial charge is 0.353 e. The van der Waals surface area contributed by atoms with Gasteiger partial charge in [0.25, 0.3) is 0 Å². The first-order chi connectivity index (χ1) is 11.5. The second-order valence-electron chi connectivity index (χ2n) is 7.55. The van der Waals surface area contributed by atoms with Crippen LogP contribution in [0.25, 0.3) is 0 Å². The predicted molar refractivity (Wildman–Crippen MR) is 97.8 cm³/mol. The Morgan fingerprint density at radius 2 is 2.25 bits per heavy atom. The minimum absolute atomic E-state index is 0.155. The summed E-state index contributed by atoms with van der Waals surface area (Å²) in [5.41, 5.74) is 1.28. The highest BCUT2D eigenvalue weighted by molar-refractivity contribution is 5.79. The Balaban J connectivity index is 1.79. The minimum Gasteiger partial charge on any atom is -0.353 e. The highest BCUT2D eigenvalue weighted by Gasteiger charge is 2.27. The summed E-state index contributed by atoms with van der Waals surface area (Å²) in [6.45, 7) is 9.64. The van der Waals surface area contributed by atoms with E-state index in [0.29, 0.717) is 12.0 Å². The fourth-order valence-electron chi connectivity index (χ4n) is 3.77. The van der Waals surface area contributed by atoms with Crippen LogP contribution in [0.3, 0.4) is 0 Å². The monoisotopic (exact) mass is 334 g/mol. The van der Waals surface area contributed by atoms with Crippen molar-refractivity contribution in [3.8, 4) is 0 Å². The summed E-state index contributed by atoms with van der Waals surface area (Å²) in [5, 5.41) is 7.44. The summed E-state index contributed by atoms with van der Waals surface area (Å²) >= 11 is 0. The highest BCUT2D eigenvalue weighted by Crippen LogP contribution is 2.19. The van der Waals surface area contributed by atoms with Gasteiger partial charge in [0.05, 0.1) is 5.92 Å². The van der Waals surface area contributed by atoms with Gasteiger partial charge in [-0.25, -0.2) is 0 Å². The Morgan fingerprint density at radius 1 is 1.46 bits per heavy atom. The van der Waals surface area contributed by atoms with Crippen molar-refractivity contribution in [3.63, 3.8) is 0 Å². The van der Waals surface area contributed by atoms with E-state index in [0.717, 1.165) is 51.7 Å². The van der Waals surface area contributed by atoms with E-state index in [2.05, 4.69) is 42.2 Å². The van der Waals surface area contributed by atoms with Crippen LogP contribution in [0.4, 0.5) is 0 Å². The van der Waals surface area contributed by atoms with Gasteiger partial charge in [0.1, 0.15) is 0 Å². The maximum atomic E-state index is 12.5. The first kappa shape index (κ1) is 19.0. The summed E-state index contributed by atoms with van der Waals surface area (Å²) in [4.78, 5) is 14.9. The molecule has 5 heteroatoms. The number of aryl methyl sites for hydroxylation is 1. The molecule has 136 valence electrons. The molecule has 24 heavy (non-hydrogen) atoms. The smallest absolute Gasteiger partial charge is 0.224 e. The fraction of sp³-hybridized carbons (Fsp3) is 0.789. The number of carbonyl (C=O) groups excluding carboxylic acids is 1. The molecule has 2 rings (SSSR count). The van der Waals surface area contributed by atoms with E-state index >= 15 is 0 Å². The van der Waals surface area contributed by atoms with Gasteiger partial charge in [-0.1, -0.05) is 20.3 Å². The molecule has 0 bridgehead atoms. The van der Waals surface area contributed by atoms with Gasteiger partial charge in [0.2, 0.25) is 5.91 Å². The maximum Gasteiger partial charge on any atom is 0.224 e. The lowest BCUT2D eigenvalue weighted by Crippen LogP contribution is -2.46. The molecule has 3 unspecified atom stereocenters. The summed E-state index contributed by atoms with van der Waals surface area (Å²) in [7, 11) is 2.00. The molecule has 1 aromatic rings. The number of nitrogens with zero attached hydrogens (tertiary/aromatic N) is 3. The molecule has 1 aliphatic rings. The maximum absolute atomic E-state index is 12.5. The number of carbonyl (C=O) groups is 1. The number of rotatable bonds is 8. The van der Waals surface area contributed by atoms with Gasteiger partial charge in [-0.15, -0.1) is 0 Å². The zero-order valence-electron chi connectivity index (χ0n) is 15.8. The minimum atomic E-state index is 0.155. The highest BCUT2D eigenvalue weighted by atomic mass is 16.2. The third kappa shape index (κ3) is 5.62. The standard InChI is InChI=1S/C19H34N4O/c1-5-7-16(3)21-19(24)17-8-6-11-23(14-17)13-15(2)12-18-9-10-20-22(18)4/h9-10,15-17H,5-8,11-14H2,1-4H3,(H,21,24). The van der Waals surface area contributed by atoms with E-state index in [4.69, 9.17) is 0 Å². The van der Waals surface area contributed by atoms with Crippen molar-refractivity contribution >= 4 is 5.91 Å². The molecular weight excluding hydrogens is 300 g/mol. The number of hydrogen-bond acceptors (Lipinski definition) is 3. The van der Waals surface area contributed by atoms with E-state index in [-0.39, 0.29) is 11.8 Å².